The fraction of sp³-hybridized carbons (Fsp3) is 0.400. The first kappa shape index (κ1) is 16.4. The zero-order valence-corrected chi connectivity index (χ0v) is 16.4. The second-order valence-corrected chi connectivity index (χ2v) is 3.70. The fourth-order valence-corrected chi connectivity index (χ4v) is 1.50. The average molecular weight is 346 g/mol. The van der Waals surface area contributed by atoms with E-state index in [1.807, 2.05) is 18.2 Å². The Hall–Kier alpha value is 1.42. The van der Waals surface area contributed by atoms with Crippen LogP contribution in [0, 0.1) is 0 Å². The molecule has 1 aromatic rings. The summed E-state index contributed by atoms with van der Waals surface area (Å²) in [7, 11) is -2.02. The van der Waals surface area contributed by atoms with E-state index in [9.17, 15) is 4.89 Å². The van der Waals surface area contributed by atoms with Gasteiger partial charge in [0.05, 0.1) is 6.61 Å². The van der Waals surface area contributed by atoms with Crippen LogP contribution in [0.15, 0.2) is 30.3 Å². The van der Waals surface area contributed by atoms with Crippen LogP contribution in [-0.2, 0) is 4.52 Å². The maximum absolute atomic E-state index is 11.2. The molecule has 0 aliphatic rings. The van der Waals surface area contributed by atoms with E-state index in [0.29, 0.717) is 12.4 Å². The van der Waals surface area contributed by atoms with Crippen molar-refractivity contribution in [1.29, 1.82) is 0 Å². The minimum atomic E-state index is -2.02. The van der Waals surface area contributed by atoms with Gasteiger partial charge >= 0.3 is 68.9 Å². The molecule has 15 heavy (non-hydrogen) atoms. The molecule has 3 nitrogen and oxygen atoms in total. The Labute approximate surface area is 151 Å². The predicted molar refractivity (Wildman–Crippen MR) is 54.9 cm³/mol. The molecule has 0 aromatic heterocycles. The fourth-order valence-electron chi connectivity index (χ4n) is 0.877. The van der Waals surface area contributed by atoms with Crippen molar-refractivity contribution in [2.45, 2.75) is 19.8 Å². The largest absolute Gasteiger partial charge is 1.00 e. The SMILES string of the molecule is CCCCOP([O-])Oc1ccccc1.[Cs+]. The van der Waals surface area contributed by atoms with Gasteiger partial charge in [-0.3, -0.25) is 0 Å². The van der Waals surface area contributed by atoms with Gasteiger partial charge in [-0.05, 0) is 18.6 Å². The van der Waals surface area contributed by atoms with Crippen LogP contribution in [0.4, 0.5) is 0 Å². The summed E-state index contributed by atoms with van der Waals surface area (Å²) in [6.45, 7) is 2.53. The maximum Gasteiger partial charge on any atom is 1.00 e. The van der Waals surface area contributed by atoms with E-state index >= 15 is 0 Å². The van der Waals surface area contributed by atoms with Crippen LogP contribution in [0.25, 0.3) is 0 Å². The zero-order valence-electron chi connectivity index (χ0n) is 9.18. The molecule has 1 aromatic carbocycles. The Morgan fingerprint density at radius 3 is 2.53 bits per heavy atom. The molecule has 0 N–H and O–H groups in total. The molecule has 0 saturated carbocycles. The third-order valence-corrected chi connectivity index (χ3v) is 2.37. The van der Waals surface area contributed by atoms with E-state index in [2.05, 4.69) is 6.92 Å². The van der Waals surface area contributed by atoms with Crippen molar-refractivity contribution in [3.05, 3.63) is 30.3 Å². The molecular formula is C10H14CsO3P. The van der Waals surface area contributed by atoms with Crippen molar-refractivity contribution < 1.29 is 82.8 Å². The molecular weight excluding hydrogens is 332 g/mol. The van der Waals surface area contributed by atoms with Crippen LogP contribution < -0.4 is 78.3 Å². The number of para-hydroxylation sites is 1. The average Bonchev–Trinajstić information content (AvgIpc) is 2.20. The summed E-state index contributed by atoms with van der Waals surface area (Å²) in [5, 5.41) is 0. The van der Waals surface area contributed by atoms with Crippen molar-refractivity contribution >= 4 is 8.60 Å². The summed E-state index contributed by atoms with van der Waals surface area (Å²) >= 11 is 0. The van der Waals surface area contributed by atoms with Gasteiger partial charge in [0.25, 0.3) is 0 Å². The number of rotatable bonds is 6. The van der Waals surface area contributed by atoms with Crippen LogP contribution >= 0.6 is 8.60 Å². The van der Waals surface area contributed by atoms with Crippen LogP contribution in [0.5, 0.6) is 5.75 Å². The molecule has 0 heterocycles. The van der Waals surface area contributed by atoms with Gasteiger partial charge in [-0.2, -0.15) is 0 Å². The molecule has 0 fully saturated rings. The van der Waals surface area contributed by atoms with Gasteiger partial charge in [-0.15, -0.1) is 0 Å². The molecule has 1 atom stereocenters. The monoisotopic (exact) mass is 346 g/mol. The molecule has 0 aliphatic heterocycles. The van der Waals surface area contributed by atoms with Gasteiger partial charge < -0.3 is 13.9 Å². The van der Waals surface area contributed by atoms with Crippen molar-refractivity contribution in [2.24, 2.45) is 0 Å². The van der Waals surface area contributed by atoms with Crippen molar-refractivity contribution in [2.75, 3.05) is 6.61 Å². The Morgan fingerprint density at radius 1 is 1.27 bits per heavy atom. The summed E-state index contributed by atoms with van der Waals surface area (Å²) in [5.74, 6) is 0.574. The molecule has 5 heteroatoms. The first-order valence-corrected chi connectivity index (χ1v) is 5.75. The topological polar surface area (TPSA) is 41.5 Å². The van der Waals surface area contributed by atoms with Gasteiger partial charge in [0.2, 0.25) is 0 Å². The number of benzene rings is 1. The van der Waals surface area contributed by atoms with E-state index in [4.69, 9.17) is 9.05 Å². The van der Waals surface area contributed by atoms with E-state index in [1.165, 1.54) is 0 Å². The summed E-state index contributed by atoms with van der Waals surface area (Å²) in [4.78, 5) is 11.2. The van der Waals surface area contributed by atoms with E-state index in [1.54, 1.807) is 12.1 Å². The Morgan fingerprint density at radius 2 is 1.93 bits per heavy atom. The van der Waals surface area contributed by atoms with Crippen LogP contribution in [-0.4, -0.2) is 6.61 Å². The number of unbranched alkanes of at least 4 members (excludes halogenated alkanes) is 1. The molecule has 0 spiro atoms. The number of hydrogen-bond acceptors (Lipinski definition) is 3. The van der Waals surface area contributed by atoms with E-state index < -0.39 is 8.60 Å². The molecule has 0 aliphatic carbocycles. The summed E-state index contributed by atoms with van der Waals surface area (Å²) < 4.78 is 10.0. The third-order valence-electron chi connectivity index (χ3n) is 1.62. The van der Waals surface area contributed by atoms with Gasteiger partial charge in [0, 0.05) is 0 Å². The van der Waals surface area contributed by atoms with Gasteiger partial charge in [0.15, 0.2) is 0 Å². The first-order valence-electron chi connectivity index (χ1n) is 4.66. The molecule has 0 saturated heterocycles. The van der Waals surface area contributed by atoms with Crippen molar-refractivity contribution in [3.63, 3.8) is 0 Å². The Balaban J connectivity index is 0.00000196. The first-order chi connectivity index (χ1) is 6.83. The molecule has 0 radical (unpaired) electrons. The van der Waals surface area contributed by atoms with Crippen molar-refractivity contribution in [3.8, 4) is 5.75 Å². The standard InChI is InChI=1S/C10H14O3P.Cs/c1-2-3-9-12-14(11)13-10-7-5-4-6-8-10;/h4-8H,2-3,9H2,1H3;/q-1;+1. The Bertz CT molecular complexity index is 246. The molecule has 0 bridgehead atoms. The molecule has 0 amide bonds. The van der Waals surface area contributed by atoms with Crippen LogP contribution in [0.2, 0.25) is 0 Å². The van der Waals surface area contributed by atoms with Gasteiger partial charge in [-0.1, -0.05) is 31.5 Å². The third kappa shape index (κ3) is 8.19. The zero-order chi connectivity index (χ0) is 10.2. The Kier molecular flexibility index (Phi) is 11.6. The van der Waals surface area contributed by atoms with E-state index in [0.717, 1.165) is 12.8 Å². The summed E-state index contributed by atoms with van der Waals surface area (Å²) in [5.41, 5.74) is 0. The second kappa shape index (κ2) is 10.6. The maximum atomic E-state index is 11.2. The predicted octanol–water partition coefficient (Wildman–Crippen LogP) is -0.527. The van der Waals surface area contributed by atoms with Gasteiger partial charge in [0.1, 0.15) is 14.4 Å². The quantitative estimate of drug-likeness (QED) is 0.514. The normalized spacial score (nSPS) is 11.6. The smallest absolute Gasteiger partial charge is 0.776 e. The van der Waals surface area contributed by atoms with Gasteiger partial charge in [-0.25, -0.2) is 0 Å². The minimum Gasteiger partial charge on any atom is -0.776 e. The molecule has 1 unspecified atom stereocenters. The van der Waals surface area contributed by atoms with Crippen LogP contribution in [0.3, 0.4) is 0 Å². The molecule has 78 valence electrons. The van der Waals surface area contributed by atoms with Crippen molar-refractivity contribution in [1.82, 2.24) is 0 Å². The van der Waals surface area contributed by atoms with E-state index in [-0.39, 0.29) is 68.9 Å². The summed E-state index contributed by atoms with van der Waals surface area (Å²) in [6.07, 6.45) is 1.92. The molecule has 1 rings (SSSR count). The summed E-state index contributed by atoms with van der Waals surface area (Å²) in [6, 6.07) is 9.01. The minimum absolute atomic E-state index is 0. The van der Waals surface area contributed by atoms with Crippen LogP contribution in [0.1, 0.15) is 19.8 Å². The number of hydrogen-bond donors (Lipinski definition) is 0. The second-order valence-electron chi connectivity index (χ2n) is 2.81.